The number of amides is 1. The van der Waals surface area contributed by atoms with Gasteiger partial charge in [-0.3, -0.25) is 9.59 Å². The second-order valence-corrected chi connectivity index (χ2v) is 8.77. The van der Waals surface area contributed by atoms with E-state index in [-0.39, 0.29) is 17.6 Å². The van der Waals surface area contributed by atoms with Crippen LogP contribution in [0.5, 0.6) is 0 Å². The summed E-state index contributed by atoms with van der Waals surface area (Å²) in [7, 11) is 1.91. The number of nitrogen functional groups attached to an aromatic ring is 1. The fourth-order valence-corrected chi connectivity index (χ4v) is 4.45. The number of ketones is 1. The van der Waals surface area contributed by atoms with Crippen molar-refractivity contribution in [2.24, 2.45) is 7.05 Å². The number of hydrogen-bond donors (Lipinski definition) is 2. The van der Waals surface area contributed by atoms with Crippen molar-refractivity contribution in [3.63, 3.8) is 0 Å². The molecule has 0 radical (unpaired) electrons. The largest absolute Gasteiger partial charge is 0.368 e. The van der Waals surface area contributed by atoms with Crippen molar-refractivity contribution in [1.29, 1.82) is 0 Å². The molecule has 3 N–H and O–H groups in total. The van der Waals surface area contributed by atoms with Gasteiger partial charge in [0.05, 0.1) is 16.8 Å². The second kappa shape index (κ2) is 9.88. The Balaban J connectivity index is 1.41. The molecule has 3 heterocycles. The Labute approximate surface area is 209 Å². The first-order valence-electron chi connectivity index (χ1n) is 11.7. The number of hydrogen-bond acceptors (Lipinski definition) is 5. The fraction of sp³-hybridized carbons (Fsp3) is 0.172. The maximum Gasteiger partial charge on any atom is 0.253 e. The van der Waals surface area contributed by atoms with E-state index in [0.29, 0.717) is 36.2 Å². The smallest absolute Gasteiger partial charge is 0.253 e. The molecule has 0 saturated heterocycles. The van der Waals surface area contributed by atoms with Crippen LogP contribution in [0.1, 0.15) is 38.3 Å². The van der Waals surface area contributed by atoms with Crippen molar-refractivity contribution >= 4 is 17.6 Å². The van der Waals surface area contributed by atoms with Crippen LogP contribution in [0.3, 0.4) is 0 Å². The molecule has 2 aromatic carbocycles. The maximum absolute atomic E-state index is 12.5. The lowest BCUT2D eigenvalue weighted by atomic mass is 10.0. The minimum atomic E-state index is -0.0913. The molecule has 0 spiro atoms. The highest BCUT2D eigenvalue weighted by molar-refractivity contribution is 5.98. The SMILES string of the molecule is Cn1c(-c2nc(N)ncc2C#Cc2cccc(CC(=O)Cc3ccccc3)c2)cc2c1CCNC2=O. The summed E-state index contributed by atoms with van der Waals surface area (Å²) >= 11 is 0. The summed E-state index contributed by atoms with van der Waals surface area (Å²) in [5.74, 6) is 6.53. The molecule has 7 nitrogen and oxygen atoms in total. The average Bonchev–Trinajstić information content (AvgIpc) is 3.21. The molecule has 36 heavy (non-hydrogen) atoms. The van der Waals surface area contributed by atoms with E-state index in [1.165, 1.54) is 0 Å². The lowest BCUT2D eigenvalue weighted by molar-refractivity contribution is -0.117. The van der Waals surface area contributed by atoms with Gasteiger partial charge in [0.25, 0.3) is 5.91 Å². The van der Waals surface area contributed by atoms with Gasteiger partial charge in [-0.1, -0.05) is 54.3 Å². The fourth-order valence-electron chi connectivity index (χ4n) is 4.45. The molecule has 7 heteroatoms. The normalized spacial score (nSPS) is 12.3. The molecule has 4 aromatic rings. The van der Waals surface area contributed by atoms with Crippen LogP contribution >= 0.6 is 0 Å². The third-order valence-corrected chi connectivity index (χ3v) is 6.21. The van der Waals surface area contributed by atoms with Crippen LogP contribution in [-0.2, 0) is 31.1 Å². The van der Waals surface area contributed by atoms with Gasteiger partial charge in [-0.25, -0.2) is 9.97 Å². The molecule has 1 aliphatic rings. The average molecular weight is 476 g/mol. The predicted molar refractivity (Wildman–Crippen MR) is 138 cm³/mol. The van der Waals surface area contributed by atoms with Crippen molar-refractivity contribution in [2.75, 3.05) is 12.3 Å². The molecule has 0 bridgehead atoms. The highest BCUT2D eigenvalue weighted by Crippen LogP contribution is 2.28. The number of carbonyl (C=O) groups excluding carboxylic acids is 2. The molecule has 5 rings (SSSR count). The summed E-state index contributed by atoms with van der Waals surface area (Å²) in [5.41, 5.74) is 12.2. The van der Waals surface area contributed by atoms with E-state index in [0.717, 1.165) is 34.5 Å². The van der Waals surface area contributed by atoms with Gasteiger partial charge >= 0.3 is 0 Å². The lowest BCUT2D eigenvalue weighted by Gasteiger charge is -2.14. The minimum Gasteiger partial charge on any atom is -0.368 e. The van der Waals surface area contributed by atoms with Gasteiger partial charge in [0.2, 0.25) is 5.95 Å². The molecule has 0 atom stereocenters. The Morgan fingerprint density at radius 3 is 2.64 bits per heavy atom. The summed E-state index contributed by atoms with van der Waals surface area (Å²) in [5, 5.41) is 2.87. The van der Waals surface area contributed by atoms with Gasteiger partial charge in [0.1, 0.15) is 11.5 Å². The number of rotatable bonds is 5. The van der Waals surface area contributed by atoms with E-state index >= 15 is 0 Å². The zero-order chi connectivity index (χ0) is 25.1. The lowest BCUT2D eigenvalue weighted by Crippen LogP contribution is -2.31. The monoisotopic (exact) mass is 475 g/mol. The molecular weight excluding hydrogens is 450 g/mol. The number of carbonyl (C=O) groups is 2. The number of nitrogens with two attached hydrogens (primary N) is 1. The maximum atomic E-state index is 12.5. The van der Waals surface area contributed by atoms with Crippen molar-refractivity contribution in [2.45, 2.75) is 19.3 Å². The number of benzene rings is 2. The van der Waals surface area contributed by atoms with Crippen molar-refractivity contribution in [1.82, 2.24) is 19.9 Å². The van der Waals surface area contributed by atoms with Crippen molar-refractivity contribution in [3.05, 3.63) is 100 Å². The molecular formula is C29H25N5O2. The third kappa shape index (κ3) is 4.89. The first kappa shape index (κ1) is 23.1. The number of nitrogens with zero attached hydrogens (tertiary/aromatic N) is 3. The van der Waals surface area contributed by atoms with E-state index in [4.69, 9.17) is 5.73 Å². The highest BCUT2D eigenvalue weighted by Gasteiger charge is 2.24. The van der Waals surface area contributed by atoms with Crippen LogP contribution in [0.25, 0.3) is 11.4 Å². The Morgan fingerprint density at radius 1 is 1.06 bits per heavy atom. The van der Waals surface area contributed by atoms with Crippen LogP contribution in [0.2, 0.25) is 0 Å². The van der Waals surface area contributed by atoms with Crippen LogP contribution < -0.4 is 11.1 Å². The van der Waals surface area contributed by atoms with Crippen LogP contribution in [0, 0.1) is 11.8 Å². The summed E-state index contributed by atoms with van der Waals surface area (Å²) in [6, 6.07) is 19.2. The molecule has 0 unspecified atom stereocenters. The summed E-state index contributed by atoms with van der Waals surface area (Å²) in [6.07, 6.45) is 3.10. The topological polar surface area (TPSA) is 103 Å². The molecule has 1 aliphatic heterocycles. The zero-order valence-electron chi connectivity index (χ0n) is 19.9. The van der Waals surface area contributed by atoms with Gasteiger partial charge in [-0.15, -0.1) is 0 Å². The van der Waals surface area contributed by atoms with Gasteiger partial charge in [-0.2, -0.15) is 0 Å². The van der Waals surface area contributed by atoms with E-state index < -0.39 is 0 Å². The van der Waals surface area contributed by atoms with Crippen molar-refractivity contribution < 1.29 is 9.59 Å². The zero-order valence-corrected chi connectivity index (χ0v) is 19.9. The van der Waals surface area contributed by atoms with Gasteiger partial charge in [-0.05, 0) is 29.3 Å². The highest BCUT2D eigenvalue weighted by atomic mass is 16.1. The standard InChI is InChI=1S/C29H25N5O2/c1-34-25-12-13-31-28(36)24(25)17-26(34)27-22(18-32-29(30)33-27)11-10-20-8-5-9-21(14-20)16-23(35)15-19-6-3-2-4-7-19/h2-9,14,17-18H,12-13,15-16H2,1H3,(H,31,36)(H2,30,32,33). The Morgan fingerprint density at radius 2 is 1.83 bits per heavy atom. The van der Waals surface area contributed by atoms with Gasteiger partial charge < -0.3 is 15.6 Å². The van der Waals surface area contributed by atoms with Crippen LogP contribution in [-0.4, -0.2) is 32.8 Å². The molecule has 0 aliphatic carbocycles. The number of aromatic nitrogens is 3. The number of fused-ring (bicyclic) bond motifs is 1. The molecule has 0 saturated carbocycles. The number of Topliss-reactive ketones (excluding diaryl/α,β-unsaturated/α-hetero) is 1. The summed E-state index contributed by atoms with van der Waals surface area (Å²) in [6.45, 7) is 0.603. The predicted octanol–water partition coefficient (Wildman–Crippen LogP) is 3.10. The number of anilines is 1. The third-order valence-electron chi connectivity index (χ3n) is 6.21. The minimum absolute atomic E-state index is 0.0913. The molecule has 0 fully saturated rings. The molecule has 1 amide bonds. The Hall–Kier alpha value is -4.70. The van der Waals surface area contributed by atoms with Crippen molar-refractivity contribution in [3.8, 4) is 23.2 Å². The molecule has 178 valence electrons. The van der Waals surface area contributed by atoms with E-state index in [1.54, 1.807) is 6.20 Å². The summed E-state index contributed by atoms with van der Waals surface area (Å²) < 4.78 is 1.97. The van der Waals surface area contributed by atoms with Crippen LogP contribution in [0.4, 0.5) is 5.95 Å². The second-order valence-electron chi connectivity index (χ2n) is 8.77. The Kier molecular flexibility index (Phi) is 6.33. The number of nitrogens with one attached hydrogen (secondary N) is 1. The first-order valence-corrected chi connectivity index (χ1v) is 11.7. The molecule has 2 aromatic heterocycles. The Bertz CT molecular complexity index is 1530. The van der Waals surface area contributed by atoms with Crippen LogP contribution in [0.15, 0.2) is 66.9 Å². The van der Waals surface area contributed by atoms with E-state index in [1.807, 2.05) is 72.3 Å². The first-order chi connectivity index (χ1) is 17.5. The van der Waals surface area contributed by atoms with Gasteiger partial charge in [0.15, 0.2) is 0 Å². The summed E-state index contributed by atoms with van der Waals surface area (Å²) in [4.78, 5) is 33.5. The van der Waals surface area contributed by atoms with E-state index in [9.17, 15) is 9.59 Å². The van der Waals surface area contributed by atoms with Gasteiger partial charge in [0, 0.05) is 50.3 Å². The van der Waals surface area contributed by atoms with E-state index in [2.05, 4.69) is 27.1 Å². The quantitative estimate of drug-likeness (QED) is 0.432.